The first-order valence-corrected chi connectivity index (χ1v) is 8.09. The first-order valence-electron chi connectivity index (χ1n) is 8.09. The zero-order valence-electron chi connectivity index (χ0n) is 14.2. The monoisotopic (exact) mass is 332 g/mol. The van der Waals surface area contributed by atoms with E-state index in [1.807, 2.05) is 13.2 Å². The molecule has 7 nitrogen and oxygen atoms in total. The average Bonchev–Trinajstić information content (AvgIpc) is 2.95. The molecule has 2 rings (SSSR count). The van der Waals surface area contributed by atoms with Crippen LogP contribution >= 0.6 is 0 Å². The Labute approximate surface area is 141 Å². The fourth-order valence-corrected chi connectivity index (χ4v) is 2.55. The van der Waals surface area contributed by atoms with E-state index in [-0.39, 0.29) is 5.69 Å². The van der Waals surface area contributed by atoms with Crippen LogP contribution in [0.3, 0.4) is 0 Å². The number of aryl methyl sites for hydroxylation is 1. The van der Waals surface area contributed by atoms with Gasteiger partial charge in [0, 0.05) is 56.8 Å². The topological polar surface area (TPSA) is 82.2 Å². The molecule has 0 aliphatic carbocycles. The van der Waals surface area contributed by atoms with E-state index >= 15 is 0 Å². The zero-order chi connectivity index (χ0) is 17.4. The number of nitro benzene ring substituents is 1. The minimum absolute atomic E-state index is 0.0883. The van der Waals surface area contributed by atoms with Crippen molar-refractivity contribution in [2.75, 3.05) is 20.3 Å². The van der Waals surface area contributed by atoms with E-state index in [4.69, 9.17) is 4.74 Å². The maximum absolute atomic E-state index is 10.8. The lowest BCUT2D eigenvalue weighted by Crippen LogP contribution is -2.15. The molecule has 0 amide bonds. The summed E-state index contributed by atoms with van der Waals surface area (Å²) in [6.45, 7) is 2.48. The van der Waals surface area contributed by atoms with Gasteiger partial charge in [0.1, 0.15) is 0 Å². The lowest BCUT2D eigenvalue weighted by atomic mass is 10.1. The number of unbranched alkanes of at least 4 members (excludes halogenated alkanes) is 2. The first-order chi connectivity index (χ1) is 11.6. The molecule has 24 heavy (non-hydrogen) atoms. The highest BCUT2D eigenvalue weighted by Gasteiger charge is 2.12. The van der Waals surface area contributed by atoms with Crippen molar-refractivity contribution in [3.05, 3.63) is 46.1 Å². The molecule has 1 N–H and O–H groups in total. The lowest BCUT2D eigenvalue weighted by Gasteiger charge is -2.05. The summed E-state index contributed by atoms with van der Waals surface area (Å²) < 4.78 is 6.80. The number of ether oxygens (including phenoxy) is 1. The first kappa shape index (κ1) is 18.1. The van der Waals surface area contributed by atoms with E-state index in [9.17, 15) is 10.1 Å². The summed E-state index contributed by atoms with van der Waals surface area (Å²) in [6, 6.07) is 6.51. The van der Waals surface area contributed by atoms with Crippen molar-refractivity contribution in [2.24, 2.45) is 7.05 Å². The van der Waals surface area contributed by atoms with Crippen LogP contribution in [0.1, 0.15) is 24.8 Å². The van der Waals surface area contributed by atoms with E-state index in [1.165, 1.54) is 12.1 Å². The van der Waals surface area contributed by atoms with Gasteiger partial charge in [0.25, 0.3) is 5.69 Å². The summed E-state index contributed by atoms with van der Waals surface area (Å²) in [7, 11) is 3.60. The van der Waals surface area contributed by atoms with Gasteiger partial charge in [0.15, 0.2) is 0 Å². The smallest absolute Gasteiger partial charge is 0.269 e. The molecule has 1 heterocycles. The third-order valence-electron chi connectivity index (χ3n) is 3.77. The average molecular weight is 332 g/mol. The minimum atomic E-state index is -0.395. The van der Waals surface area contributed by atoms with Crippen molar-refractivity contribution in [1.82, 2.24) is 15.1 Å². The molecule has 0 bridgehead atoms. The standard InChI is InChI=1S/C17H24N4O3/c1-20-13-15(12-18-10-4-3-5-11-24-2)17(19-20)14-6-8-16(9-7-14)21(22)23/h6-9,13,18H,3-5,10-12H2,1-2H3. The van der Waals surface area contributed by atoms with E-state index in [2.05, 4.69) is 10.4 Å². The third-order valence-corrected chi connectivity index (χ3v) is 3.77. The molecule has 0 saturated heterocycles. The molecule has 0 saturated carbocycles. The molecule has 7 heteroatoms. The van der Waals surface area contributed by atoms with Crippen LogP contribution in [0.5, 0.6) is 0 Å². The van der Waals surface area contributed by atoms with Crippen LogP contribution in [0.15, 0.2) is 30.5 Å². The van der Waals surface area contributed by atoms with E-state index in [0.717, 1.165) is 55.8 Å². The normalized spacial score (nSPS) is 10.9. The van der Waals surface area contributed by atoms with Gasteiger partial charge in [-0.05, 0) is 37.9 Å². The molecule has 130 valence electrons. The van der Waals surface area contributed by atoms with Gasteiger partial charge in [-0.25, -0.2) is 0 Å². The molecule has 0 radical (unpaired) electrons. The summed E-state index contributed by atoms with van der Waals surface area (Å²) in [4.78, 5) is 10.4. The summed E-state index contributed by atoms with van der Waals surface area (Å²) in [5.74, 6) is 0. The summed E-state index contributed by atoms with van der Waals surface area (Å²) in [6.07, 6.45) is 5.31. The van der Waals surface area contributed by atoms with E-state index < -0.39 is 4.92 Å². The molecule has 1 aromatic carbocycles. The van der Waals surface area contributed by atoms with Crippen molar-refractivity contribution in [1.29, 1.82) is 0 Å². The molecule has 0 atom stereocenters. The Morgan fingerprint density at radius 2 is 2.00 bits per heavy atom. The predicted octanol–water partition coefficient (Wildman–Crippen LogP) is 2.90. The third kappa shape index (κ3) is 5.14. The van der Waals surface area contributed by atoms with Crippen molar-refractivity contribution in [3.8, 4) is 11.3 Å². The van der Waals surface area contributed by atoms with Gasteiger partial charge in [-0.2, -0.15) is 5.10 Å². The second kappa shape index (κ2) is 9.14. The second-order valence-corrected chi connectivity index (χ2v) is 5.71. The Balaban J connectivity index is 1.93. The number of methoxy groups -OCH3 is 1. The maximum atomic E-state index is 10.8. The van der Waals surface area contributed by atoms with Crippen LogP contribution in [0.25, 0.3) is 11.3 Å². The SMILES string of the molecule is COCCCCCNCc1cn(C)nc1-c1ccc([N+](=O)[O-])cc1. The number of nitro groups is 1. The summed E-state index contributed by atoms with van der Waals surface area (Å²) in [5, 5.41) is 18.7. The van der Waals surface area contributed by atoms with Gasteiger partial charge in [-0.15, -0.1) is 0 Å². The Morgan fingerprint density at radius 3 is 2.67 bits per heavy atom. The van der Waals surface area contributed by atoms with Gasteiger partial charge >= 0.3 is 0 Å². The van der Waals surface area contributed by atoms with Gasteiger partial charge in [0.05, 0.1) is 10.6 Å². The number of aromatic nitrogens is 2. The van der Waals surface area contributed by atoms with Crippen molar-refractivity contribution in [3.63, 3.8) is 0 Å². The Morgan fingerprint density at radius 1 is 1.25 bits per heavy atom. The fraction of sp³-hybridized carbons (Fsp3) is 0.471. The molecular formula is C17H24N4O3. The molecule has 0 aliphatic rings. The predicted molar refractivity (Wildman–Crippen MR) is 92.7 cm³/mol. The number of nitrogens with zero attached hydrogens (tertiary/aromatic N) is 3. The van der Waals surface area contributed by atoms with Gasteiger partial charge < -0.3 is 10.1 Å². The zero-order valence-corrected chi connectivity index (χ0v) is 14.2. The van der Waals surface area contributed by atoms with Crippen molar-refractivity contribution in [2.45, 2.75) is 25.8 Å². The van der Waals surface area contributed by atoms with Gasteiger partial charge in [0.2, 0.25) is 0 Å². The highest BCUT2D eigenvalue weighted by atomic mass is 16.6. The highest BCUT2D eigenvalue weighted by molar-refractivity contribution is 5.64. The number of hydrogen-bond acceptors (Lipinski definition) is 5. The minimum Gasteiger partial charge on any atom is -0.385 e. The van der Waals surface area contributed by atoms with Crippen molar-refractivity contribution >= 4 is 5.69 Å². The molecular weight excluding hydrogens is 308 g/mol. The molecule has 0 aliphatic heterocycles. The molecule has 2 aromatic rings. The molecule has 0 spiro atoms. The number of hydrogen-bond donors (Lipinski definition) is 1. The van der Waals surface area contributed by atoms with Crippen molar-refractivity contribution < 1.29 is 9.66 Å². The Kier molecular flexibility index (Phi) is 6.89. The number of non-ortho nitro benzene ring substituents is 1. The Bertz CT molecular complexity index is 652. The quantitative estimate of drug-likeness (QED) is 0.411. The van der Waals surface area contributed by atoms with Gasteiger partial charge in [-0.3, -0.25) is 14.8 Å². The second-order valence-electron chi connectivity index (χ2n) is 5.71. The highest BCUT2D eigenvalue weighted by Crippen LogP contribution is 2.24. The lowest BCUT2D eigenvalue weighted by molar-refractivity contribution is -0.384. The van der Waals surface area contributed by atoms with Crippen LogP contribution in [-0.2, 0) is 18.3 Å². The number of benzene rings is 1. The van der Waals surface area contributed by atoms with Gasteiger partial charge in [-0.1, -0.05) is 0 Å². The number of rotatable bonds is 10. The summed E-state index contributed by atoms with van der Waals surface area (Å²) >= 11 is 0. The molecule has 0 unspecified atom stereocenters. The van der Waals surface area contributed by atoms with Crippen LogP contribution in [0, 0.1) is 10.1 Å². The summed E-state index contributed by atoms with van der Waals surface area (Å²) in [5.41, 5.74) is 2.92. The molecule has 1 aromatic heterocycles. The largest absolute Gasteiger partial charge is 0.385 e. The van der Waals surface area contributed by atoms with Crippen LogP contribution in [0.4, 0.5) is 5.69 Å². The van der Waals surface area contributed by atoms with Crippen LogP contribution < -0.4 is 5.32 Å². The number of nitrogens with one attached hydrogen (secondary N) is 1. The Hall–Kier alpha value is -2.25. The van der Waals surface area contributed by atoms with Crippen LogP contribution in [0.2, 0.25) is 0 Å². The maximum Gasteiger partial charge on any atom is 0.269 e. The molecule has 0 fully saturated rings. The van der Waals surface area contributed by atoms with E-state index in [0.29, 0.717) is 0 Å². The van der Waals surface area contributed by atoms with E-state index in [1.54, 1.807) is 23.9 Å². The fourth-order valence-electron chi connectivity index (χ4n) is 2.55. The van der Waals surface area contributed by atoms with Crippen LogP contribution in [-0.4, -0.2) is 35.0 Å².